The summed E-state index contributed by atoms with van der Waals surface area (Å²) in [6, 6.07) is 12.1. The molecule has 1 aliphatic heterocycles. The van der Waals surface area contributed by atoms with Gasteiger partial charge in [-0.15, -0.1) is 0 Å². The molecule has 0 saturated carbocycles. The molecule has 2 aromatic carbocycles. The van der Waals surface area contributed by atoms with Crippen molar-refractivity contribution in [2.24, 2.45) is 0 Å². The molecule has 1 N–H and O–H groups in total. The van der Waals surface area contributed by atoms with Crippen LogP contribution in [0.25, 0.3) is 0 Å². The lowest BCUT2D eigenvalue weighted by molar-refractivity contribution is -0.121. The number of nitrogens with one attached hydrogen (secondary N) is 1. The Kier molecular flexibility index (Phi) is 6.73. The highest BCUT2D eigenvalue weighted by molar-refractivity contribution is 8.03. The first-order chi connectivity index (χ1) is 14.3. The van der Waals surface area contributed by atoms with Crippen molar-refractivity contribution < 1.29 is 14.0 Å². The van der Waals surface area contributed by atoms with Gasteiger partial charge in [0.1, 0.15) is 11.6 Å². The minimum absolute atomic E-state index is 0.0604. The Balaban J connectivity index is 1.80. The lowest BCUT2D eigenvalue weighted by Gasteiger charge is -2.26. The summed E-state index contributed by atoms with van der Waals surface area (Å²) in [5.41, 5.74) is 5.60. The number of benzene rings is 2. The van der Waals surface area contributed by atoms with E-state index in [1.807, 2.05) is 26.0 Å². The van der Waals surface area contributed by atoms with Gasteiger partial charge in [-0.25, -0.2) is 4.39 Å². The van der Waals surface area contributed by atoms with Gasteiger partial charge in [0.15, 0.2) is 0 Å². The molecule has 0 spiro atoms. The number of carbonyl (C=O) groups is 2. The summed E-state index contributed by atoms with van der Waals surface area (Å²) in [5.74, 6) is -0.770. The zero-order valence-electron chi connectivity index (χ0n) is 17.2. The van der Waals surface area contributed by atoms with E-state index in [1.54, 1.807) is 12.1 Å². The maximum absolute atomic E-state index is 13.0. The first-order valence-corrected chi connectivity index (χ1v) is 10.7. The fourth-order valence-electron chi connectivity index (χ4n) is 3.52. The third-order valence-corrected chi connectivity index (χ3v) is 6.48. The van der Waals surface area contributed by atoms with Crippen molar-refractivity contribution in [1.29, 1.82) is 5.26 Å². The van der Waals surface area contributed by atoms with E-state index in [1.165, 1.54) is 29.5 Å². The Morgan fingerprint density at radius 3 is 2.43 bits per heavy atom. The number of hydrogen-bond acceptors (Lipinski definition) is 4. The monoisotopic (exact) mass is 422 g/mol. The number of aryl methyl sites for hydroxylation is 2. The van der Waals surface area contributed by atoms with Gasteiger partial charge in [0, 0.05) is 18.8 Å². The maximum Gasteiger partial charge on any atom is 0.225 e. The van der Waals surface area contributed by atoms with Gasteiger partial charge in [-0.3, -0.25) is 9.59 Å². The van der Waals surface area contributed by atoms with Gasteiger partial charge >= 0.3 is 0 Å². The highest BCUT2D eigenvalue weighted by Gasteiger charge is 2.30. The van der Waals surface area contributed by atoms with Crippen LogP contribution < -0.4 is 5.32 Å². The molecule has 3 rings (SSSR count). The lowest BCUT2D eigenvalue weighted by Crippen LogP contribution is -2.31. The Hall–Kier alpha value is -2.91. The molecule has 0 fully saturated rings. The van der Waals surface area contributed by atoms with Crippen LogP contribution in [0.15, 0.2) is 47.0 Å². The third-order valence-electron chi connectivity index (χ3n) is 5.40. The molecule has 0 aromatic heterocycles. The van der Waals surface area contributed by atoms with Crippen molar-refractivity contribution >= 4 is 23.5 Å². The molecule has 0 radical (unpaired) electrons. The Labute approximate surface area is 180 Å². The summed E-state index contributed by atoms with van der Waals surface area (Å²) in [6.45, 7) is 6.10. The van der Waals surface area contributed by atoms with Crippen LogP contribution in [0.2, 0.25) is 0 Å². The van der Waals surface area contributed by atoms with E-state index in [0.29, 0.717) is 10.6 Å². The van der Waals surface area contributed by atoms with Crippen LogP contribution in [-0.2, 0) is 16.0 Å². The van der Waals surface area contributed by atoms with Gasteiger partial charge in [0.25, 0.3) is 0 Å². The molecule has 4 nitrogen and oxygen atoms in total. The summed E-state index contributed by atoms with van der Waals surface area (Å²) < 4.78 is 13.0. The fourth-order valence-corrected chi connectivity index (χ4v) is 4.46. The number of nitriles is 1. The van der Waals surface area contributed by atoms with E-state index in [0.717, 1.165) is 22.3 Å². The van der Waals surface area contributed by atoms with Gasteiger partial charge in [-0.1, -0.05) is 36.0 Å². The average molecular weight is 423 g/mol. The predicted molar refractivity (Wildman–Crippen MR) is 116 cm³/mol. The Bertz CT molecular complexity index is 1040. The fraction of sp³-hybridized carbons (Fsp3) is 0.292. The zero-order chi connectivity index (χ0) is 21.8. The van der Waals surface area contributed by atoms with E-state index in [2.05, 4.69) is 18.3 Å². The Morgan fingerprint density at radius 1 is 1.20 bits per heavy atom. The van der Waals surface area contributed by atoms with E-state index in [9.17, 15) is 19.2 Å². The maximum atomic E-state index is 13.0. The highest BCUT2D eigenvalue weighted by atomic mass is 32.2. The van der Waals surface area contributed by atoms with Gasteiger partial charge in [-0.05, 0) is 60.7 Å². The summed E-state index contributed by atoms with van der Waals surface area (Å²) in [5, 5.41) is 13.0. The molecule has 1 amide bonds. The minimum Gasteiger partial charge on any atom is -0.320 e. The zero-order valence-corrected chi connectivity index (χ0v) is 18.0. The second-order valence-electron chi connectivity index (χ2n) is 7.57. The number of allylic oxidation sites excluding steroid dienone is 1. The molecule has 0 saturated heterocycles. The summed E-state index contributed by atoms with van der Waals surface area (Å²) >= 11 is 1.18. The van der Waals surface area contributed by atoms with E-state index >= 15 is 0 Å². The quantitative estimate of drug-likeness (QED) is 0.737. The molecule has 30 heavy (non-hydrogen) atoms. The largest absolute Gasteiger partial charge is 0.320 e. The number of Topliss-reactive ketones (excluding diaryl/α,β-unsaturated/α-hetero) is 1. The van der Waals surface area contributed by atoms with Crippen molar-refractivity contribution in [2.75, 3.05) is 5.75 Å². The van der Waals surface area contributed by atoms with Gasteiger partial charge in [0.05, 0.1) is 22.4 Å². The second kappa shape index (κ2) is 9.27. The van der Waals surface area contributed by atoms with Crippen molar-refractivity contribution in [3.63, 3.8) is 0 Å². The van der Waals surface area contributed by atoms with Gasteiger partial charge < -0.3 is 5.32 Å². The average Bonchev–Trinajstić information content (AvgIpc) is 2.71. The molecule has 0 aliphatic carbocycles. The van der Waals surface area contributed by atoms with Crippen LogP contribution in [0.5, 0.6) is 0 Å². The van der Waals surface area contributed by atoms with Crippen molar-refractivity contribution in [1.82, 2.24) is 5.32 Å². The van der Waals surface area contributed by atoms with Crippen molar-refractivity contribution in [3.8, 4) is 6.07 Å². The predicted octanol–water partition coefficient (Wildman–Crippen LogP) is 4.63. The Morgan fingerprint density at radius 2 is 1.83 bits per heavy atom. The van der Waals surface area contributed by atoms with Crippen LogP contribution in [0.4, 0.5) is 4.39 Å². The topological polar surface area (TPSA) is 70.0 Å². The summed E-state index contributed by atoms with van der Waals surface area (Å²) in [6.07, 6.45) is 0.384. The summed E-state index contributed by atoms with van der Waals surface area (Å²) in [4.78, 5) is 24.7. The van der Waals surface area contributed by atoms with Crippen molar-refractivity contribution in [2.45, 2.75) is 39.5 Å². The van der Waals surface area contributed by atoms with E-state index < -0.39 is 0 Å². The second-order valence-corrected chi connectivity index (χ2v) is 8.56. The first kappa shape index (κ1) is 21.8. The van der Waals surface area contributed by atoms with Gasteiger partial charge in [-0.2, -0.15) is 5.26 Å². The molecule has 1 aliphatic rings. The number of carbonyl (C=O) groups excluding carboxylic acids is 2. The number of nitrogens with zero attached hydrogens (tertiary/aromatic N) is 1. The van der Waals surface area contributed by atoms with Crippen LogP contribution in [0.3, 0.4) is 0 Å². The molecular formula is C24H23FN2O2S. The van der Waals surface area contributed by atoms with Crippen molar-refractivity contribution in [3.05, 3.63) is 80.6 Å². The van der Waals surface area contributed by atoms with Crippen LogP contribution in [-0.4, -0.2) is 17.4 Å². The number of halogens is 1. The third kappa shape index (κ3) is 4.98. The number of amides is 1. The molecule has 1 atom stereocenters. The molecule has 1 heterocycles. The molecule has 1 unspecified atom stereocenters. The molecule has 2 aromatic rings. The number of rotatable bonds is 6. The van der Waals surface area contributed by atoms with E-state index in [4.69, 9.17) is 0 Å². The van der Waals surface area contributed by atoms with Crippen LogP contribution in [0, 0.1) is 37.9 Å². The summed E-state index contributed by atoms with van der Waals surface area (Å²) in [7, 11) is 0. The highest BCUT2D eigenvalue weighted by Crippen LogP contribution is 2.37. The van der Waals surface area contributed by atoms with Crippen LogP contribution in [0.1, 0.15) is 40.2 Å². The van der Waals surface area contributed by atoms with Crippen LogP contribution >= 0.6 is 11.8 Å². The first-order valence-electron chi connectivity index (χ1n) is 9.69. The number of thioether (sulfide) groups is 1. The van der Waals surface area contributed by atoms with Gasteiger partial charge in [0.2, 0.25) is 5.91 Å². The normalized spacial score (nSPS) is 16.2. The molecule has 0 bridgehead atoms. The molecular weight excluding hydrogens is 399 g/mol. The number of hydrogen-bond donors (Lipinski definition) is 1. The lowest BCUT2D eigenvalue weighted by atomic mass is 9.84. The smallest absolute Gasteiger partial charge is 0.225 e. The SMILES string of the molecule is Cc1cc(C2CC(=O)NC(SCC(=O)Cc3ccc(F)cc3)=C2C#N)cc(C)c1C. The number of ketones is 1. The minimum atomic E-state index is -0.345. The molecule has 6 heteroatoms. The molecule has 154 valence electrons. The van der Waals surface area contributed by atoms with E-state index in [-0.39, 0.29) is 42.0 Å². The standard InChI is InChI=1S/C24H23FN2O2S/c1-14-8-18(9-15(2)16(14)3)21-11-23(29)27-24(22(21)12-26)30-13-20(28)10-17-4-6-19(25)7-5-17/h4-9,21H,10-11,13H2,1-3H3,(H,27,29).